The largest absolute Gasteiger partial charge is 0.494 e. The predicted molar refractivity (Wildman–Crippen MR) is 95.8 cm³/mol. The molecule has 0 spiro atoms. The number of ether oxygens (including phenoxy) is 1. The zero-order valence-corrected chi connectivity index (χ0v) is 15.3. The fraction of sp³-hybridized carbons (Fsp3) is 0.250. The second-order valence-corrected chi connectivity index (χ2v) is 8.19. The fourth-order valence-corrected chi connectivity index (χ4v) is 4.15. The van der Waals surface area contributed by atoms with Crippen molar-refractivity contribution >= 4 is 33.4 Å². The second kappa shape index (κ2) is 8.71. The van der Waals surface area contributed by atoms with E-state index in [1.54, 1.807) is 17.8 Å². The summed E-state index contributed by atoms with van der Waals surface area (Å²) in [5.74, 6) is 0.637. The van der Waals surface area contributed by atoms with Crippen molar-refractivity contribution in [1.29, 1.82) is 0 Å². The summed E-state index contributed by atoms with van der Waals surface area (Å²) < 4.78 is 45.0. The third-order valence-electron chi connectivity index (χ3n) is 3.13. The third-order valence-corrected chi connectivity index (χ3v) is 5.85. The fourth-order valence-electron chi connectivity index (χ4n) is 1.96. The van der Waals surface area contributed by atoms with Gasteiger partial charge in [-0.1, -0.05) is 23.7 Å². The average molecular weight is 390 g/mol. The Morgan fingerprint density at radius 2 is 2.04 bits per heavy atom. The molecule has 0 bridgehead atoms. The summed E-state index contributed by atoms with van der Waals surface area (Å²) in [5, 5.41) is 0.680. The van der Waals surface area contributed by atoms with Crippen molar-refractivity contribution in [3.05, 3.63) is 58.9 Å². The Morgan fingerprint density at radius 3 is 2.75 bits per heavy atom. The highest BCUT2D eigenvalue weighted by atomic mass is 35.5. The first-order chi connectivity index (χ1) is 11.4. The zero-order chi connectivity index (χ0) is 17.6. The first kappa shape index (κ1) is 19.1. The van der Waals surface area contributed by atoms with E-state index >= 15 is 0 Å². The molecule has 130 valence electrons. The molecule has 0 amide bonds. The van der Waals surface area contributed by atoms with E-state index in [1.807, 2.05) is 18.2 Å². The SMILES string of the molecule is COc1cc(S(=O)(=O)NCCSCc2cccc(Cl)c2)ccc1F. The summed E-state index contributed by atoms with van der Waals surface area (Å²) in [6.45, 7) is 0.271. The standard InChI is InChI=1S/C16H17ClFNO3S2/c1-22-16-10-14(5-6-15(16)18)24(20,21)19-7-8-23-11-12-3-2-4-13(17)9-12/h2-6,9-10,19H,7-8,11H2,1H3. The maximum atomic E-state index is 13.3. The molecule has 0 heterocycles. The Hall–Kier alpha value is -1.28. The van der Waals surface area contributed by atoms with Gasteiger partial charge >= 0.3 is 0 Å². The maximum absolute atomic E-state index is 13.3. The molecular formula is C16H17ClFNO3S2. The molecule has 2 rings (SSSR count). The van der Waals surface area contributed by atoms with Crippen LogP contribution in [-0.4, -0.2) is 27.8 Å². The Kier molecular flexibility index (Phi) is 6.91. The molecule has 24 heavy (non-hydrogen) atoms. The monoisotopic (exact) mass is 389 g/mol. The summed E-state index contributed by atoms with van der Waals surface area (Å²) in [6, 6.07) is 11.0. The number of hydrogen-bond acceptors (Lipinski definition) is 4. The minimum atomic E-state index is -3.69. The highest BCUT2D eigenvalue weighted by Gasteiger charge is 2.16. The number of halogens is 2. The summed E-state index contributed by atoms with van der Waals surface area (Å²) >= 11 is 7.50. The summed E-state index contributed by atoms with van der Waals surface area (Å²) in [4.78, 5) is -0.0272. The molecule has 8 heteroatoms. The number of benzene rings is 2. The van der Waals surface area contributed by atoms with Crippen molar-refractivity contribution in [3.63, 3.8) is 0 Å². The van der Waals surface area contributed by atoms with Crippen LogP contribution in [0.3, 0.4) is 0 Å². The number of thioether (sulfide) groups is 1. The number of hydrogen-bond donors (Lipinski definition) is 1. The molecule has 2 aromatic rings. The van der Waals surface area contributed by atoms with E-state index in [1.165, 1.54) is 13.2 Å². The maximum Gasteiger partial charge on any atom is 0.240 e. The van der Waals surface area contributed by atoms with Gasteiger partial charge in [0.05, 0.1) is 12.0 Å². The van der Waals surface area contributed by atoms with Crippen LogP contribution in [0.1, 0.15) is 5.56 Å². The Balaban J connectivity index is 1.84. The van der Waals surface area contributed by atoms with Gasteiger partial charge in [-0.25, -0.2) is 17.5 Å². The van der Waals surface area contributed by atoms with Gasteiger partial charge in [-0.05, 0) is 29.8 Å². The number of rotatable bonds is 8. The highest BCUT2D eigenvalue weighted by Crippen LogP contribution is 2.21. The molecule has 0 aliphatic rings. The average Bonchev–Trinajstić information content (AvgIpc) is 2.54. The van der Waals surface area contributed by atoms with Gasteiger partial charge in [0.25, 0.3) is 0 Å². The van der Waals surface area contributed by atoms with Crippen molar-refractivity contribution in [2.75, 3.05) is 19.4 Å². The molecule has 0 aliphatic heterocycles. The zero-order valence-electron chi connectivity index (χ0n) is 13.0. The van der Waals surface area contributed by atoms with E-state index in [4.69, 9.17) is 16.3 Å². The van der Waals surface area contributed by atoms with Crippen LogP contribution in [0.5, 0.6) is 5.75 Å². The lowest BCUT2D eigenvalue weighted by molar-refractivity contribution is 0.385. The molecule has 4 nitrogen and oxygen atoms in total. The smallest absolute Gasteiger partial charge is 0.240 e. The van der Waals surface area contributed by atoms with Crippen molar-refractivity contribution in [1.82, 2.24) is 4.72 Å². The highest BCUT2D eigenvalue weighted by molar-refractivity contribution is 7.98. The van der Waals surface area contributed by atoms with Crippen LogP contribution in [0.4, 0.5) is 4.39 Å². The molecule has 0 fully saturated rings. The van der Waals surface area contributed by atoms with Crippen LogP contribution in [0, 0.1) is 5.82 Å². The summed E-state index contributed by atoms with van der Waals surface area (Å²) in [5.41, 5.74) is 1.08. The van der Waals surface area contributed by atoms with Gasteiger partial charge in [-0.2, -0.15) is 11.8 Å². The van der Waals surface area contributed by atoms with Gasteiger partial charge in [-0.15, -0.1) is 0 Å². The quantitative estimate of drug-likeness (QED) is 0.699. The van der Waals surface area contributed by atoms with Gasteiger partial charge in [0, 0.05) is 29.1 Å². The first-order valence-corrected chi connectivity index (χ1v) is 10.1. The van der Waals surface area contributed by atoms with Crippen molar-refractivity contribution in [2.24, 2.45) is 0 Å². The van der Waals surface area contributed by atoms with Crippen LogP contribution < -0.4 is 9.46 Å². The topological polar surface area (TPSA) is 55.4 Å². The number of sulfonamides is 1. The molecule has 0 saturated carbocycles. The Labute approximate surface area is 150 Å². The molecule has 0 saturated heterocycles. The summed E-state index contributed by atoms with van der Waals surface area (Å²) in [7, 11) is -2.41. The molecule has 0 radical (unpaired) electrons. The summed E-state index contributed by atoms with van der Waals surface area (Å²) in [6.07, 6.45) is 0. The number of methoxy groups -OCH3 is 1. The van der Waals surface area contributed by atoms with Crippen LogP contribution >= 0.6 is 23.4 Å². The minimum Gasteiger partial charge on any atom is -0.494 e. The Morgan fingerprint density at radius 1 is 1.25 bits per heavy atom. The van der Waals surface area contributed by atoms with Gasteiger partial charge in [0.2, 0.25) is 10.0 Å². The van der Waals surface area contributed by atoms with E-state index in [0.717, 1.165) is 23.4 Å². The molecule has 0 aromatic heterocycles. The van der Waals surface area contributed by atoms with Crippen LogP contribution in [0.2, 0.25) is 5.02 Å². The minimum absolute atomic E-state index is 0.0272. The molecule has 1 N–H and O–H groups in total. The molecule has 0 unspecified atom stereocenters. The lowest BCUT2D eigenvalue weighted by Gasteiger charge is -2.09. The van der Waals surface area contributed by atoms with E-state index in [0.29, 0.717) is 10.8 Å². The molecule has 0 aliphatic carbocycles. The lowest BCUT2D eigenvalue weighted by atomic mass is 10.2. The van der Waals surface area contributed by atoms with E-state index in [2.05, 4.69) is 4.72 Å². The Bertz CT molecular complexity index is 800. The third kappa shape index (κ3) is 5.37. The number of nitrogens with one attached hydrogen (secondary N) is 1. The lowest BCUT2D eigenvalue weighted by Crippen LogP contribution is -2.26. The van der Waals surface area contributed by atoms with Gasteiger partial charge in [-0.3, -0.25) is 0 Å². The van der Waals surface area contributed by atoms with Crippen molar-refractivity contribution in [3.8, 4) is 5.75 Å². The normalized spacial score (nSPS) is 11.5. The van der Waals surface area contributed by atoms with Gasteiger partial charge in [0.15, 0.2) is 11.6 Å². The second-order valence-electron chi connectivity index (χ2n) is 4.88. The van der Waals surface area contributed by atoms with Crippen molar-refractivity contribution in [2.45, 2.75) is 10.6 Å². The molecule has 2 aromatic carbocycles. The molecular weight excluding hydrogens is 373 g/mol. The predicted octanol–water partition coefficient (Wildman–Crippen LogP) is 3.70. The van der Waals surface area contributed by atoms with Crippen LogP contribution in [0.25, 0.3) is 0 Å². The van der Waals surface area contributed by atoms with Gasteiger partial charge < -0.3 is 4.74 Å². The van der Waals surface area contributed by atoms with Crippen LogP contribution in [-0.2, 0) is 15.8 Å². The molecule has 0 atom stereocenters. The van der Waals surface area contributed by atoms with Crippen LogP contribution in [0.15, 0.2) is 47.4 Å². The van der Waals surface area contributed by atoms with E-state index in [-0.39, 0.29) is 17.2 Å². The van der Waals surface area contributed by atoms with Gasteiger partial charge in [0.1, 0.15) is 0 Å². The van der Waals surface area contributed by atoms with E-state index < -0.39 is 15.8 Å². The van der Waals surface area contributed by atoms with E-state index in [9.17, 15) is 12.8 Å². The first-order valence-electron chi connectivity index (χ1n) is 7.08. The van der Waals surface area contributed by atoms with Crippen molar-refractivity contribution < 1.29 is 17.5 Å².